The van der Waals surface area contributed by atoms with Crippen LogP contribution in [-0.2, 0) is 13.2 Å². The Bertz CT molecular complexity index is 369. The molecule has 0 radical (unpaired) electrons. The Hall–Kier alpha value is -0.900. The zero-order chi connectivity index (χ0) is 13.0. The molecule has 0 unspecified atom stereocenters. The van der Waals surface area contributed by atoms with E-state index >= 15 is 0 Å². The SMILES string of the molecule is CN(Cc1ccc(CO)cc1)CC1(O)CCCC1. The molecule has 3 nitrogen and oxygen atoms in total. The summed E-state index contributed by atoms with van der Waals surface area (Å²) in [6, 6.07) is 7.99. The second-order valence-electron chi connectivity index (χ2n) is 5.58. The maximum Gasteiger partial charge on any atom is 0.0774 e. The lowest BCUT2D eigenvalue weighted by molar-refractivity contribution is 0.0145. The van der Waals surface area contributed by atoms with Crippen molar-refractivity contribution < 1.29 is 10.2 Å². The Kier molecular flexibility index (Phi) is 4.38. The van der Waals surface area contributed by atoms with Crippen molar-refractivity contribution in [1.82, 2.24) is 4.90 Å². The molecule has 3 heteroatoms. The fourth-order valence-corrected chi connectivity index (χ4v) is 2.81. The molecular weight excluding hydrogens is 226 g/mol. The van der Waals surface area contributed by atoms with Crippen molar-refractivity contribution in [2.75, 3.05) is 13.6 Å². The smallest absolute Gasteiger partial charge is 0.0774 e. The Labute approximate surface area is 109 Å². The Balaban J connectivity index is 1.88. The number of hydrogen-bond donors (Lipinski definition) is 2. The number of aliphatic hydroxyl groups is 2. The van der Waals surface area contributed by atoms with E-state index in [1.165, 1.54) is 5.56 Å². The molecule has 0 saturated heterocycles. The third kappa shape index (κ3) is 3.55. The molecule has 1 fully saturated rings. The minimum atomic E-state index is -0.472. The molecule has 0 amide bonds. The molecule has 18 heavy (non-hydrogen) atoms. The molecule has 0 bridgehead atoms. The van der Waals surface area contributed by atoms with Gasteiger partial charge in [0.25, 0.3) is 0 Å². The van der Waals surface area contributed by atoms with E-state index in [4.69, 9.17) is 5.11 Å². The monoisotopic (exact) mass is 249 g/mol. The Morgan fingerprint density at radius 2 is 1.67 bits per heavy atom. The highest BCUT2D eigenvalue weighted by molar-refractivity contribution is 5.21. The van der Waals surface area contributed by atoms with E-state index < -0.39 is 5.60 Å². The summed E-state index contributed by atoms with van der Waals surface area (Å²) in [5.74, 6) is 0. The van der Waals surface area contributed by atoms with E-state index in [0.29, 0.717) is 0 Å². The van der Waals surface area contributed by atoms with E-state index in [2.05, 4.69) is 11.9 Å². The summed E-state index contributed by atoms with van der Waals surface area (Å²) in [6.45, 7) is 1.68. The highest BCUT2D eigenvalue weighted by Gasteiger charge is 2.31. The van der Waals surface area contributed by atoms with Gasteiger partial charge in [0.1, 0.15) is 0 Å². The molecule has 0 atom stereocenters. The van der Waals surface area contributed by atoms with Crippen LogP contribution in [0, 0.1) is 0 Å². The summed E-state index contributed by atoms with van der Waals surface area (Å²) in [5.41, 5.74) is 1.69. The van der Waals surface area contributed by atoms with Crippen LogP contribution in [0.15, 0.2) is 24.3 Å². The van der Waals surface area contributed by atoms with Crippen molar-refractivity contribution in [1.29, 1.82) is 0 Å². The van der Waals surface area contributed by atoms with Crippen LogP contribution in [-0.4, -0.2) is 34.3 Å². The number of hydrogen-bond acceptors (Lipinski definition) is 3. The minimum Gasteiger partial charge on any atom is -0.392 e. The van der Waals surface area contributed by atoms with Crippen molar-refractivity contribution in [2.24, 2.45) is 0 Å². The standard InChI is InChI=1S/C15H23NO2/c1-16(12-15(18)8-2-3-9-15)10-13-4-6-14(11-17)7-5-13/h4-7,17-18H,2-3,8-12H2,1H3. The third-order valence-corrected chi connectivity index (χ3v) is 3.76. The van der Waals surface area contributed by atoms with Crippen LogP contribution in [0.1, 0.15) is 36.8 Å². The number of benzene rings is 1. The van der Waals surface area contributed by atoms with E-state index in [1.807, 2.05) is 24.3 Å². The number of nitrogens with zero attached hydrogens (tertiary/aromatic N) is 1. The summed E-state index contributed by atoms with van der Waals surface area (Å²) in [7, 11) is 2.05. The molecule has 1 aliphatic rings. The first-order valence-corrected chi connectivity index (χ1v) is 6.71. The van der Waals surface area contributed by atoms with Gasteiger partial charge in [-0.1, -0.05) is 37.1 Å². The predicted octanol–water partition coefficient (Wildman–Crippen LogP) is 1.92. The highest BCUT2D eigenvalue weighted by Crippen LogP contribution is 2.30. The van der Waals surface area contributed by atoms with Gasteiger partial charge >= 0.3 is 0 Å². The second-order valence-corrected chi connectivity index (χ2v) is 5.58. The van der Waals surface area contributed by atoms with Crippen LogP contribution < -0.4 is 0 Å². The van der Waals surface area contributed by atoms with Crippen LogP contribution in [0.25, 0.3) is 0 Å². The van der Waals surface area contributed by atoms with Gasteiger partial charge in [-0.3, -0.25) is 4.90 Å². The number of rotatable bonds is 5. The van der Waals surface area contributed by atoms with Crippen molar-refractivity contribution in [3.05, 3.63) is 35.4 Å². The Morgan fingerprint density at radius 3 is 2.22 bits per heavy atom. The molecule has 0 spiro atoms. The first-order valence-electron chi connectivity index (χ1n) is 6.71. The molecule has 2 N–H and O–H groups in total. The molecule has 1 saturated carbocycles. The molecule has 1 aliphatic carbocycles. The largest absolute Gasteiger partial charge is 0.392 e. The van der Waals surface area contributed by atoms with Gasteiger partial charge in [0.05, 0.1) is 12.2 Å². The topological polar surface area (TPSA) is 43.7 Å². The van der Waals surface area contributed by atoms with Crippen molar-refractivity contribution in [3.8, 4) is 0 Å². The maximum atomic E-state index is 10.3. The third-order valence-electron chi connectivity index (χ3n) is 3.76. The van der Waals surface area contributed by atoms with Crippen LogP contribution in [0.4, 0.5) is 0 Å². The lowest BCUT2D eigenvalue weighted by Crippen LogP contribution is -2.38. The van der Waals surface area contributed by atoms with Gasteiger partial charge in [0.2, 0.25) is 0 Å². The summed E-state index contributed by atoms with van der Waals surface area (Å²) < 4.78 is 0. The maximum absolute atomic E-state index is 10.3. The van der Waals surface area contributed by atoms with E-state index in [0.717, 1.165) is 44.3 Å². The number of likely N-dealkylation sites (N-methyl/N-ethyl adjacent to an activating group) is 1. The molecule has 0 aromatic heterocycles. The average Bonchev–Trinajstić information content (AvgIpc) is 2.76. The minimum absolute atomic E-state index is 0.0931. The highest BCUT2D eigenvalue weighted by atomic mass is 16.3. The average molecular weight is 249 g/mol. The van der Waals surface area contributed by atoms with Crippen LogP contribution in [0.5, 0.6) is 0 Å². The van der Waals surface area contributed by atoms with Gasteiger partial charge in [0.15, 0.2) is 0 Å². The summed E-state index contributed by atoms with van der Waals surface area (Å²) in [4.78, 5) is 2.18. The van der Waals surface area contributed by atoms with Gasteiger partial charge in [-0.25, -0.2) is 0 Å². The summed E-state index contributed by atoms with van der Waals surface area (Å²) >= 11 is 0. The summed E-state index contributed by atoms with van der Waals surface area (Å²) in [6.07, 6.45) is 4.16. The molecule has 0 heterocycles. The van der Waals surface area contributed by atoms with Crippen molar-refractivity contribution >= 4 is 0 Å². The normalized spacial score (nSPS) is 18.4. The lowest BCUT2D eigenvalue weighted by Gasteiger charge is -2.28. The van der Waals surface area contributed by atoms with E-state index in [1.54, 1.807) is 0 Å². The van der Waals surface area contributed by atoms with Crippen molar-refractivity contribution in [2.45, 2.75) is 44.4 Å². The van der Waals surface area contributed by atoms with Gasteiger partial charge in [-0.15, -0.1) is 0 Å². The fourth-order valence-electron chi connectivity index (χ4n) is 2.81. The van der Waals surface area contributed by atoms with Gasteiger partial charge in [0, 0.05) is 13.1 Å². The second kappa shape index (κ2) is 5.83. The van der Waals surface area contributed by atoms with Crippen molar-refractivity contribution in [3.63, 3.8) is 0 Å². The van der Waals surface area contributed by atoms with Crippen LogP contribution in [0.3, 0.4) is 0 Å². The van der Waals surface area contributed by atoms with Crippen LogP contribution >= 0.6 is 0 Å². The summed E-state index contributed by atoms with van der Waals surface area (Å²) in [5, 5.41) is 19.3. The number of aliphatic hydroxyl groups excluding tert-OH is 1. The quantitative estimate of drug-likeness (QED) is 0.838. The van der Waals surface area contributed by atoms with E-state index in [9.17, 15) is 5.11 Å². The predicted molar refractivity (Wildman–Crippen MR) is 72.1 cm³/mol. The molecule has 1 aromatic carbocycles. The van der Waals surface area contributed by atoms with Gasteiger partial charge in [-0.2, -0.15) is 0 Å². The zero-order valence-corrected chi connectivity index (χ0v) is 11.1. The molecular formula is C15H23NO2. The van der Waals surface area contributed by atoms with E-state index in [-0.39, 0.29) is 6.61 Å². The van der Waals surface area contributed by atoms with Crippen LogP contribution in [0.2, 0.25) is 0 Å². The molecule has 100 valence electrons. The van der Waals surface area contributed by atoms with Gasteiger partial charge in [-0.05, 0) is 31.0 Å². The first-order chi connectivity index (χ1) is 8.61. The lowest BCUT2D eigenvalue weighted by atomic mass is 10.0. The Morgan fingerprint density at radius 1 is 1.11 bits per heavy atom. The fraction of sp³-hybridized carbons (Fsp3) is 0.600. The molecule has 1 aromatic rings. The van der Waals surface area contributed by atoms with Gasteiger partial charge < -0.3 is 10.2 Å². The zero-order valence-electron chi connectivity index (χ0n) is 11.1. The first kappa shape index (κ1) is 13.5. The molecule has 2 rings (SSSR count). The molecule has 0 aliphatic heterocycles.